The fourth-order valence-electron chi connectivity index (χ4n) is 2.89. The molecule has 0 atom stereocenters. The number of hydrogen-bond acceptors (Lipinski definition) is 4. The molecule has 0 amide bonds. The molecule has 1 aromatic carbocycles. The summed E-state index contributed by atoms with van der Waals surface area (Å²) in [7, 11) is 0. The Bertz CT molecular complexity index is 1110. The van der Waals surface area contributed by atoms with Crippen LogP contribution in [-0.4, -0.2) is 19.6 Å². The lowest BCUT2D eigenvalue weighted by Gasteiger charge is -2.11. The third-order valence-electron chi connectivity index (χ3n) is 4.27. The van der Waals surface area contributed by atoms with Crippen molar-refractivity contribution in [2.45, 2.75) is 19.9 Å². The predicted molar refractivity (Wildman–Crippen MR) is 107 cm³/mol. The van der Waals surface area contributed by atoms with Crippen molar-refractivity contribution >= 4 is 11.5 Å². The van der Waals surface area contributed by atoms with E-state index in [0.717, 1.165) is 33.8 Å². The van der Waals surface area contributed by atoms with E-state index in [-0.39, 0.29) is 0 Å². The first-order valence-corrected chi connectivity index (χ1v) is 8.80. The van der Waals surface area contributed by atoms with Crippen molar-refractivity contribution < 1.29 is 0 Å². The molecule has 0 saturated heterocycles. The van der Waals surface area contributed by atoms with Crippen LogP contribution >= 0.6 is 0 Å². The van der Waals surface area contributed by atoms with Gasteiger partial charge in [-0.25, -0.2) is 4.98 Å². The Balaban J connectivity index is 1.77. The van der Waals surface area contributed by atoms with Gasteiger partial charge in [-0.3, -0.25) is 4.98 Å². The molecule has 5 heteroatoms. The van der Waals surface area contributed by atoms with Gasteiger partial charge >= 0.3 is 0 Å². The van der Waals surface area contributed by atoms with Gasteiger partial charge in [0.1, 0.15) is 5.82 Å². The first kappa shape index (κ1) is 16.8. The Morgan fingerprint density at radius 2 is 1.96 bits per heavy atom. The average molecular weight is 353 g/mol. The number of hydrogen-bond donors (Lipinski definition) is 1. The Hall–Kier alpha value is -3.65. The van der Waals surface area contributed by atoms with Gasteiger partial charge in [0.05, 0.1) is 11.9 Å². The summed E-state index contributed by atoms with van der Waals surface area (Å²) in [5.41, 5.74) is 4.92. The van der Waals surface area contributed by atoms with E-state index in [0.29, 0.717) is 13.0 Å². The first-order valence-electron chi connectivity index (χ1n) is 8.80. The third kappa shape index (κ3) is 3.65. The van der Waals surface area contributed by atoms with Gasteiger partial charge in [-0.15, -0.1) is 5.92 Å². The highest BCUT2D eigenvalue weighted by Gasteiger charge is 2.12. The molecule has 0 saturated carbocycles. The number of benzene rings is 1. The molecule has 0 radical (unpaired) electrons. The maximum atomic E-state index is 4.85. The van der Waals surface area contributed by atoms with Crippen LogP contribution in [-0.2, 0) is 13.0 Å². The van der Waals surface area contributed by atoms with E-state index in [4.69, 9.17) is 4.98 Å². The van der Waals surface area contributed by atoms with Gasteiger partial charge in [0.15, 0.2) is 5.65 Å². The van der Waals surface area contributed by atoms with Crippen LogP contribution in [0.1, 0.15) is 18.1 Å². The molecular weight excluding hydrogens is 334 g/mol. The van der Waals surface area contributed by atoms with E-state index in [2.05, 4.69) is 39.4 Å². The van der Waals surface area contributed by atoms with Gasteiger partial charge in [0, 0.05) is 42.6 Å². The minimum Gasteiger partial charge on any atom is -0.366 e. The molecule has 0 aliphatic carbocycles. The molecule has 1 N–H and O–H groups in total. The topological polar surface area (TPSA) is 55.1 Å². The fraction of sp³-hybridized carbons (Fsp3) is 0.136. The van der Waals surface area contributed by atoms with Crippen molar-refractivity contribution in [3.63, 3.8) is 0 Å². The van der Waals surface area contributed by atoms with E-state index in [1.54, 1.807) is 6.20 Å². The standard InChI is InChI=1S/C22H19N5/c1-2-3-9-19-16-25-27-21(24-15-17-8-7-12-23-14-17)13-20(26-22(19)27)18-10-5-4-6-11-18/h4-8,10-14,16,24H,9,15H2,1H3. The van der Waals surface area contributed by atoms with Crippen molar-refractivity contribution in [3.8, 4) is 23.1 Å². The molecule has 27 heavy (non-hydrogen) atoms. The predicted octanol–water partition coefficient (Wildman–Crippen LogP) is 3.97. The minimum atomic E-state index is 0.632. The summed E-state index contributed by atoms with van der Waals surface area (Å²) in [4.78, 5) is 9.03. The number of fused-ring (bicyclic) bond motifs is 1. The molecule has 0 aliphatic rings. The van der Waals surface area contributed by atoms with Crippen LogP contribution in [0, 0.1) is 11.8 Å². The molecule has 0 fully saturated rings. The molecule has 0 aliphatic heterocycles. The molecule has 4 rings (SSSR count). The molecule has 5 nitrogen and oxygen atoms in total. The summed E-state index contributed by atoms with van der Waals surface area (Å²) < 4.78 is 1.84. The number of nitrogens with zero attached hydrogens (tertiary/aromatic N) is 4. The normalized spacial score (nSPS) is 10.4. The molecule has 0 bridgehead atoms. The van der Waals surface area contributed by atoms with Crippen LogP contribution < -0.4 is 5.32 Å². The second kappa shape index (κ2) is 7.71. The fourth-order valence-corrected chi connectivity index (χ4v) is 2.89. The van der Waals surface area contributed by atoms with E-state index < -0.39 is 0 Å². The van der Waals surface area contributed by atoms with E-state index in [9.17, 15) is 0 Å². The summed E-state index contributed by atoms with van der Waals surface area (Å²) in [6, 6.07) is 16.2. The summed E-state index contributed by atoms with van der Waals surface area (Å²) in [5.74, 6) is 6.94. The molecular formula is C22H19N5. The van der Waals surface area contributed by atoms with Crippen LogP contribution in [0.15, 0.2) is 67.1 Å². The second-order valence-corrected chi connectivity index (χ2v) is 6.12. The van der Waals surface area contributed by atoms with E-state index >= 15 is 0 Å². The van der Waals surface area contributed by atoms with Crippen molar-refractivity contribution in [1.82, 2.24) is 19.6 Å². The lowest BCUT2D eigenvalue weighted by molar-refractivity contribution is 0.925. The van der Waals surface area contributed by atoms with Crippen LogP contribution in [0.25, 0.3) is 16.9 Å². The smallest absolute Gasteiger partial charge is 0.162 e. The molecule has 132 valence electrons. The van der Waals surface area contributed by atoms with Crippen molar-refractivity contribution in [2.75, 3.05) is 5.32 Å². The highest BCUT2D eigenvalue weighted by molar-refractivity contribution is 5.68. The van der Waals surface area contributed by atoms with Crippen LogP contribution in [0.2, 0.25) is 0 Å². The Morgan fingerprint density at radius 3 is 2.74 bits per heavy atom. The van der Waals surface area contributed by atoms with Gasteiger partial charge < -0.3 is 5.32 Å². The number of nitrogens with one attached hydrogen (secondary N) is 1. The quantitative estimate of drug-likeness (QED) is 0.552. The monoisotopic (exact) mass is 353 g/mol. The van der Waals surface area contributed by atoms with Gasteiger partial charge in [-0.1, -0.05) is 42.3 Å². The largest absolute Gasteiger partial charge is 0.366 e. The number of rotatable bonds is 5. The van der Waals surface area contributed by atoms with Crippen LogP contribution in [0.3, 0.4) is 0 Å². The second-order valence-electron chi connectivity index (χ2n) is 6.12. The van der Waals surface area contributed by atoms with Gasteiger partial charge in [-0.05, 0) is 18.6 Å². The van der Waals surface area contributed by atoms with Crippen molar-refractivity contribution in [2.24, 2.45) is 0 Å². The highest BCUT2D eigenvalue weighted by Crippen LogP contribution is 2.24. The summed E-state index contributed by atoms with van der Waals surface area (Å²) in [5, 5.41) is 7.99. The molecule has 4 aromatic rings. The lowest BCUT2D eigenvalue weighted by atomic mass is 10.1. The zero-order valence-corrected chi connectivity index (χ0v) is 15.1. The molecule has 3 heterocycles. The summed E-state index contributed by atoms with van der Waals surface area (Å²) in [6.45, 7) is 2.50. The number of pyridine rings is 1. The van der Waals surface area contributed by atoms with E-state index in [1.807, 2.05) is 60.2 Å². The van der Waals surface area contributed by atoms with Crippen LogP contribution in [0.5, 0.6) is 0 Å². The van der Waals surface area contributed by atoms with Crippen molar-refractivity contribution in [1.29, 1.82) is 0 Å². The maximum absolute atomic E-state index is 4.85. The van der Waals surface area contributed by atoms with Crippen LogP contribution in [0.4, 0.5) is 5.82 Å². The maximum Gasteiger partial charge on any atom is 0.162 e. The lowest BCUT2D eigenvalue weighted by Crippen LogP contribution is -2.07. The average Bonchev–Trinajstić information content (AvgIpc) is 3.15. The Labute approximate surface area is 158 Å². The van der Waals surface area contributed by atoms with Crippen molar-refractivity contribution in [3.05, 3.63) is 78.2 Å². The third-order valence-corrected chi connectivity index (χ3v) is 4.27. The number of anilines is 1. The molecule has 3 aromatic heterocycles. The summed E-state index contributed by atoms with van der Waals surface area (Å²) >= 11 is 0. The van der Waals surface area contributed by atoms with Gasteiger partial charge in [0.2, 0.25) is 0 Å². The first-order chi connectivity index (χ1) is 13.3. The summed E-state index contributed by atoms with van der Waals surface area (Å²) in [6.07, 6.45) is 6.11. The minimum absolute atomic E-state index is 0.632. The zero-order valence-electron chi connectivity index (χ0n) is 15.1. The Kier molecular flexibility index (Phi) is 4.80. The van der Waals surface area contributed by atoms with Gasteiger partial charge in [-0.2, -0.15) is 9.61 Å². The van der Waals surface area contributed by atoms with E-state index in [1.165, 1.54) is 0 Å². The van der Waals surface area contributed by atoms with Gasteiger partial charge in [0.25, 0.3) is 0 Å². The molecule has 0 unspecified atom stereocenters. The Morgan fingerprint density at radius 1 is 1.07 bits per heavy atom. The molecule has 0 spiro atoms. The highest BCUT2D eigenvalue weighted by atomic mass is 15.3. The zero-order chi connectivity index (χ0) is 18.5. The SMILES string of the molecule is CC#CCc1cnn2c(NCc3cccnc3)cc(-c3ccccc3)nc12. The number of aromatic nitrogens is 4.